The first-order valence-corrected chi connectivity index (χ1v) is 8.54. The van der Waals surface area contributed by atoms with Crippen LogP contribution in [0.5, 0.6) is 5.75 Å². The summed E-state index contributed by atoms with van der Waals surface area (Å²) in [6, 6.07) is 5.22. The molecular formula is C18H26FNO3. The first kappa shape index (κ1) is 16.7. The van der Waals surface area contributed by atoms with E-state index in [1.165, 1.54) is 7.11 Å². The Morgan fingerprint density at radius 3 is 2.87 bits per heavy atom. The maximum atomic E-state index is 13.7. The molecule has 2 aliphatic heterocycles. The predicted molar refractivity (Wildman–Crippen MR) is 86.4 cm³/mol. The van der Waals surface area contributed by atoms with Crippen LogP contribution in [-0.4, -0.2) is 57.1 Å². The van der Waals surface area contributed by atoms with Crippen LogP contribution in [0, 0.1) is 5.82 Å². The Bertz CT molecular complexity index is 505. The highest BCUT2D eigenvalue weighted by molar-refractivity contribution is 5.29. The highest BCUT2D eigenvalue weighted by Gasteiger charge is 2.30. The Morgan fingerprint density at radius 2 is 2.13 bits per heavy atom. The van der Waals surface area contributed by atoms with Gasteiger partial charge in [0.25, 0.3) is 0 Å². The molecule has 2 fully saturated rings. The van der Waals surface area contributed by atoms with E-state index in [0.717, 1.165) is 64.1 Å². The third kappa shape index (κ3) is 4.43. The lowest BCUT2D eigenvalue weighted by atomic mass is 10.1. The van der Waals surface area contributed by atoms with Crippen molar-refractivity contribution < 1.29 is 18.6 Å². The van der Waals surface area contributed by atoms with Gasteiger partial charge in [0.1, 0.15) is 0 Å². The summed E-state index contributed by atoms with van der Waals surface area (Å²) in [4.78, 5) is 2.44. The first-order chi connectivity index (χ1) is 11.3. The lowest BCUT2D eigenvalue weighted by Crippen LogP contribution is -2.47. The molecule has 0 N–H and O–H groups in total. The third-order valence-electron chi connectivity index (χ3n) is 4.71. The topological polar surface area (TPSA) is 30.9 Å². The molecule has 0 aromatic heterocycles. The van der Waals surface area contributed by atoms with Crippen molar-refractivity contribution in [3.63, 3.8) is 0 Å². The summed E-state index contributed by atoms with van der Waals surface area (Å²) in [5.41, 5.74) is 1.02. The Morgan fingerprint density at radius 1 is 1.26 bits per heavy atom. The minimum atomic E-state index is -0.283. The van der Waals surface area contributed by atoms with Crippen molar-refractivity contribution >= 4 is 0 Å². The Balaban J connectivity index is 1.43. The van der Waals surface area contributed by atoms with Crippen molar-refractivity contribution in [2.24, 2.45) is 0 Å². The zero-order valence-electron chi connectivity index (χ0n) is 13.8. The number of hydrogen-bond acceptors (Lipinski definition) is 4. The molecule has 2 saturated heterocycles. The fourth-order valence-electron chi connectivity index (χ4n) is 3.43. The van der Waals surface area contributed by atoms with Gasteiger partial charge in [0.2, 0.25) is 0 Å². The standard InChI is InChI=1S/C18H26FNO3/c1-21-16-7-6-14(12-15(16)19)4-2-8-20-9-11-23-18(13-20)17-5-3-10-22-17/h6-7,12,17-18H,2-5,8-11,13H2,1H3/t17-,18-/m1/s1. The molecule has 0 radical (unpaired) electrons. The van der Waals surface area contributed by atoms with E-state index in [2.05, 4.69) is 4.90 Å². The largest absolute Gasteiger partial charge is 0.494 e. The lowest BCUT2D eigenvalue weighted by molar-refractivity contribution is -0.0942. The minimum absolute atomic E-state index is 0.213. The van der Waals surface area contributed by atoms with Crippen LogP contribution in [0.4, 0.5) is 4.39 Å². The highest BCUT2D eigenvalue weighted by Crippen LogP contribution is 2.22. The van der Waals surface area contributed by atoms with Crippen molar-refractivity contribution in [3.8, 4) is 5.75 Å². The van der Waals surface area contributed by atoms with Gasteiger partial charge >= 0.3 is 0 Å². The molecule has 2 aliphatic rings. The van der Waals surface area contributed by atoms with E-state index in [1.54, 1.807) is 12.1 Å². The number of aryl methyl sites for hydroxylation is 1. The number of rotatable bonds is 6. The van der Waals surface area contributed by atoms with Crippen molar-refractivity contribution in [2.75, 3.05) is 40.0 Å². The van der Waals surface area contributed by atoms with Crippen LogP contribution in [0.15, 0.2) is 18.2 Å². The Labute approximate surface area is 137 Å². The van der Waals surface area contributed by atoms with Gasteiger partial charge in [-0.1, -0.05) is 6.07 Å². The quantitative estimate of drug-likeness (QED) is 0.805. The van der Waals surface area contributed by atoms with Crippen LogP contribution in [0.25, 0.3) is 0 Å². The summed E-state index contributed by atoms with van der Waals surface area (Å²) in [5.74, 6) is 0.0242. The van der Waals surface area contributed by atoms with E-state index in [-0.39, 0.29) is 18.0 Å². The van der Waals surface area contributed by atoms with Gasteiger partial charge in [0.15, 0.2) is 11.6 Å². The smallest absolute Gasteiger partial charge is 0.165 e. The van der Waals surface area contributed by atoms with Gasteiger partial charge < -0.3 is 14.2 Å². The molecule has 2 heterocycles. The molecule has 4 nitrogen and oxygen atoms in total. The van der Waals surface area contributed by atoms with Gasteiger partial charge in [0.05, 0.1) is 25.9 Å². The zero-order valence-corrected chi connectivity index (χ0v) is 13.8. The Kier molecular flexibility index (Phi) is 5.86. The van der Waals surface area contributed by atoms with E-state index in [4.69, 9.17) is 14.2 Å². The normalized spacial score (nSPS) is 25.7. The maximum Gasteiger partial charge on any atom is 0.165 e. The monoisotopic (exact) mass is 323 g/mol. The van der Waals surface area contributed by atoms with Gasteiger partial charge in [-0.25, -0.2) is 4.39 Å². The number of benzene rings is 1. The molecule has 1 aromatic carbocycles. The third-order valence-corrected chi connectivity index (χ3v) is 4.71. The summed E-state index contributed by atoms with van der Waals surface area (Å²) < 4.78 is 30.3. The van der Waals surface area contributed by atoms with Gasteiger partial charge in [-0.3, -0.25) is 4.90 Å². The number of nitrogens with zero attached hydrogens (tertiary/aromatic N) is 1. The summed E-state index contributed by atoms with van der Waals surface area (Å²) in [6.07, 6.45) is 4.64. The summed E-state index contributed by atoms with van der Waals surface area (Å²) >= 11 is 0. The Hall–Kier alpha value is -1.17. The highest BCUT2D eigenvalue weighted by atomic mass is 19.1. The maximum absolute atomic E-state index is 13.7. The zero-order chi connectivity index (χ0) is 16.1. The van der Waals surface area contributed by atoms with Gasteiger partial charge in [-0.15, -0.1) is 0 Å². The number of halogens is 1. The number of morpholine rings is 1. The molecular weight excluding hydrogens is 297 g/mol. The van der Waals surface area contributed by atoms with E-state index in [9.17, 15) is 4.39 Å². The van der Waals surface area contributed by atoms with E-state index < -0.39 is 0 Å². The van der Waals surface area contributed by atoms with E-state index in [1.807, 2.05) is 6.07 Å². The van der Waals surface area contributed by atoms with Crippen LogP contribution < -0.4 is 4.74 Å². The molecule has 128 valence electrons. The van der Waals surface area contributed by atoms with Crippen LogP contribution in [0.3, 0.4) is 0 Å². The average Bonchev–Trinajstić information content (AvgIpc) is 3.10. The molecule has 0 saturated carbocycles. The fraction of sp³-hybridized carbons (Fsp3) is 0.667. The second kappa shape index (κ2) is 8.08. The van der Waals surface area contributed by atoms with E-state index in [0.29, 0.717) is 5.75 Å². The molecule has 0 bridgehead atoms. The van der Waals surface area contributed by atoms with Crippen molar-refractivity contribution in [3.05, 3.63) is 29.6 Å². The van der Waals surface area contributed by atoms with Crippen molar-refractivity contribution in [1.82, 2.24) is 4.90 Å². The van der Waals surface area contributed by atoms with Crippen LogP contribution in [0.2, 0.25) is 0 Å². The number of hydrogen-bond donors (Lipinski definition) is 0. The molecule has 3 rings (SSSR count). The number of ether oxygens (including phenoxy) is 3. The summed E-state index contributed by atoms with van der Waals surface area (Å²) in [5, 5.41) is 0. The van der Waals surface area contributed by atoms with Crippen molar-refractivity contribution in [1.29, 1.82) is 0 Å². The molecule has 0 unspecified atom stereocenters. The van der Waals surface area contributed by atoms with Crippen LogP contribution in [0.1, 0.15) is 24.8 Å². The first-order valence-electron chi connectivity index (χ1n) is 8.54. The lowest BCUT2D eigenvalue weighted by Gasteiger charge is -2.35. The minimum Gasteiger partial charge on any atom is -0.494 e. The van der Waals surface area contributed by atoms with Gasteiger partial charge in [-0.2, -0.15) is 0 Å². The van der Waals surface area contributed by atoms with Crippen LogP contribution in [-0.2, 0) is 15.9 Å². The average molecular weight is 323 g/mol. The van der Waals surface area contributed by atoms with Crippen LogP contribution >= 0.6 is 0 Å². The van der Waals surface area contributed by atoms with Crippen molar-refractivity contribution in [2.45, 2.75) is 37.9 Å². The van der Waals surface area contributed by atoms with Gasteiger partial charge in [0, 0.05) is 19.7 Å². The molecule has 23 heavy (non-hydrogen) atoms. The number of methoxy groups -OCH3 is 1. The van der Waals surface area contributed by atoms with E-state index >= 15 is 0 Å². The summed E-state index contributed by atoms with van der Waals surface area (Å²) in [6.45, 7) is 4.58. The second-order valence-electron chi connectivity index (χ2n) is 6.33. The predicted octanol–water partition coefficient (Wildman–Crippen LogP) is 2.65. The SMILES string of the molecule is COc1ccc(CCCN2CCO[C@@H]([C@H]3CCCO3)C2)cc1F. The molecule has 0 spiro atoms. The summed E-state index contributed by atoms with van der Waals surface area (Å²) in [7, 11) is 1.49. The molecule has 1 aromatic rings. The second-order valence-corrected chi connectivity index (χ2v) is 6.33. The molecule has 2 atom stereocenters. The molecule has 0 amide bonds. The molecule has 0 aliphatic carbocycles. The molecule has 5 heteroatoms. The fourth-order valence-corrected chi connectivity index (χ4v) is 3.43. The van der Waals surface area contributed by atoms with Gasteiger partial charge in [-0.05, 0) is 49.9 Å².